The minimum Gasteiger partial charge on any atom is -0.281 e. The van der Waals surface area contributed by atoms with E-state index in [1.165, 1.54) is 10.6 Å². The molecular weight excluding hydrogens is 395 g/mol. The molecule has 0 unspecified atom stereocenters. The second kappa shape index (κ2) is 7.11. The van der Waals surface area contributed by atoms with Gasteiger partial charge in [-0.05, 0) is 37.5 Å². The Kier molecular flexibility index (Phi) is 4.74. The normalized spacial score (nSPS) is 11.7. The van der Waals surface area contributed by atoms with Crippen LogP contribution in [0.25, 0.3) is 28.0 Å². The number of aryl methyl sites for hydroxylation is 1. The van der Waals surface area contributed by atoms with E-state index in [0.29, 0.717) is 29.1 Å². The highest BCUT2D eigenvalue weighted by atomic mass is 35.5. The Morgan fingerprint density at radius 2 is 2.07 bits per heavy atom. The summed E-state index contributed by atoms with van der Waals surface area (Å²) in [6.45, 7) is 8.06. The van der Waals surface area contributed by atoms with Crippen molar-refractivity contribution in [3.05, 3.63) is 57.1 Å². The third-order valence-electron chi connectivity index (χ3n) is 5.00. The van der Waals surface area contributed by atoms with Crippen molar-refractivity contribution >= 4 is 22.5 Å². The number of H-pyrrole nitrogens is 1. The van der Waals surface area contributed by atoms with Gasteiger partial charge in [-0.3, -0.25) is 14.6 Å². The number of halogens is 2. The summed E-state index contributed by atoms with van der Waals surface area (Å²) in [7, 11) is 0. The zero-order valence-electron chi connectivity index (χ0n) is 16.5. The van der Waals surface area contributed by atoms with Crippen molar-refractivity contribution < 1.29 is 4.39 Å². The number of fused-ring (bicyclic) bond motifs is 1. The summed E-state index contributed by atoms with van der Waals surface area (Å²) in [5, 5.41) is 12.2. The van der Waals surface area contributed by atoms with Gasteiger partial charge in [0.25, 0.3) is 0 Å². The molecule has 3 aromatic heterocycles. The van der Waals surface area contributed by atoms with E-state index in [2.05, 4.69) is 34.1 Å². The zero-order valence-corrected chi connectivity index (χ0v) is 17.3. The van der Waals surface area contributed by atoms with Crippen LogP contribution in [0.1, 0.15) is 37.9 Å². The molecule has 7 nitrogen and oxygen atoms in total. The molecule has 150 valence electrons. The van der Waals surface area contributed by atoms with Crippen molar-refractivity contribution in [3.8, 4) is 17.1 Å². The van der Waals surface area contributed by atoms with Gasteiger partial charge in [-0.25, -0.2) is 9.18 Å². The van der Waals surface area contributed by atoms with Gasteiger partial charge in [0.1, 0.15) is 5.69 Å². The molecule has 4 aromatic rings. The van der Waals surface area contributed by atoms with E-state index in [1.807, 2.05) is 13.0 Å². The Labute approximate surface area is 171 Å². The van der Waals surface area contributed by atoms with Gasteiger partial charge in [-0.2, -0.15) is 9.78 Å². The molecule has 0 fully saturated rings. The summed E-state index contributed by atoms with van der Waals surface area (Å²) in [4.78, 5) is 17.3. The number of hydrogen-bond acceptors (Lipinski definition) is 4. The summed E-state index contributed by atoms with van der Waals surface area (Å²) < 4.78 is 17.5. The molecule has 0 radical (unpaired) electrons. The van der Waals surface area contributed by atoms with Crippen LogP contribution in [0.15, 0.2) is 29.2 Å². The van der Waals surface area contributed by atoms with Gasteiger partial charge in [-0.15, -0.1) is 5.10 Å². The molecule has 0 bridgehead atoms. The number of aromatic nitrogens is 6. The Hall–Kier alpha value is -3.00. The highest BCUT2D eigenvalue weighted by Crippen LogP contribution is 2.30. The average molecular weight is 415 g/mol. The van der Waals surface area contributed by atoms with Crippen molar-refractivity contribution in [1.29, 1.82) is 0 Å². The van der Waals surface area contributed by atoms with Crippen LogP contribution >= 0.6 is 11.6 Å². The lowest BCUT2D eigenvalue weighted by Crippen LogP contribution is -2.24. The molecule has 0 spiro atoms. The number of nitrogens with zero attached hydrogens (tertiary/aromatic N) is 5. The summed E-state index contributed by atoms with van der Waals surface area (Å²) in [6, 6.07) is 4.88. The quantitative estimate of drug-likeness (QED) is 0.542. The fourth-order valence-electron chi connectivity index (χ4n) is 3.53. The van der Waals surface area contributed by atoms with Gasteiger partial charge in [0.05, 0.1) is 11.1 Å². The van der Waals surface area contributed by atoms with Gasteiger partial charge in [-0.1, -0.05) is 25.4 Å². The minimum absolute atomic E-state index is 0.0723. The maximum atomic E-state index is 15.0. The molecular formula is C20H20ClFN6O. The molecule has 0 aliphatic carbocycles. The topological polar surface area (TPSA) is 81.4 Å². The Bertz CT molecular complexity index is 1270. The smallest absolute Gasteiger partial charge is 0.281 e. The van der Waals surface area contributed by atoms with Crippen molar-refractivity contribution in [2.24, 2.45) is 0 Å². The number of benzene rings is 1. The fourth-order valence-corrected chi connectivity index (χ4v) is 3.79. The van der Waals surface area contributed by atoms with Gasteiger partial charge >= 0.3 is 5.69 Å². The maximum absolute atomic E-state index is 15.0. The lowest BCUT2D eigenvalue weighted by molar-refractivity contribution is 0.606. The van der Waals surface area contributed by atoms with Crippen molar-refractivity contribution in [3.63, 3.8) is 0 Å². The molecule has 0 saturated heterocycles. The number of hydrogen-bond donors (Lipinski definition) is 1. The van der Waals surface area contributed by atoms with E-state index in [1.54, 1.807) is 19.2 Å². The molecule has 3 heterocycles. The highest BCUT2D eigenvalue weighted by Gasteiger charge is 2.23. The molecule has 0 aliphatic rings. The predicted molar refractivity (Wildman–Crippen MR) is 110 cm³/mol. The van der Waals surface area contributed by atoms with E-state index in [-0.39, 0.29) is 16.8 Å². The SMILES string of the molecule is CCn1c(-c2c(Cl)n[nH]c2C)nn(-c2cc3c(C(C)C)ccnc3cc2F)c1=O. The van der Waals surface area contributed by atoms with Crippen LogP contribution in [0, 0.1) is 12.7 Å². The second-order valence-corrected chi connectivity index (χ2v) is 7.51. The molecule has 0 atom stereocenters. The van der Waals surface area contributed by atoms with Crippen LogP contribution in [0.4, 0.5) is 4.39 Å². The largest absolute Gasteiger partial charge is 0.351 e. The molecule has 4 rings (SSSR count). The Balaban J connectivity index is 2.01. The van der Waals surface area contributed by atoms with Crippen LogP contribution in [-0.4, -0.2) is 29.5 Å². The van der Waals surface area contributed by atoms with Gasteiger partial charge in [0, 0.05) is 29.9 Å². The van der Waals surface area contributed by atoms with Gasteiger partial charge in [0.15, 0.2) is 16.8 Å². The molecule has 1 N–H and O–H groups in total. The van der Waals surface area contributed by atoms with E-state index in [9.17, 15) is 9.18 Å². The first-order valence-corrected chi connectivity index (χ1v) is 9.70. The summed E-state index contributed by atoms with van der Waals surface area (Å²) in [6.07, 6.45) is 1.66. The summed E-state index contributed by atoms with van der Waals surface area (Å²) in [5.41, 5.74) is 2.38. The fraction of sp³-hybridized carbons (Fsp3) is 0.300. The highest BCUT2D eigenvalue weighted by molar-refractivity contribution is 6.32. The predicted octanol–water partition coefficient (Wildman–Crippen LogP) is 4.22. The van der Waals surface area contributed by atoms with Crippen LogP contribution in [-0.2, 0) is 6.54 Å². The molecule has 1 aromatic carbocycles. The van der Waals surface area contributed by atoms with Crippen LogP contribution in [0.3, 0.4) is 0 Å². The standard InChI is InChI=1S/C20H20ClFN6O/c1-5-27-19(17-11(4)24-25-18(17)21)26-28(20(27)29)16-8-13-12(10(2)3)6-7-23-15(13)9-14(16)22/h6-10H,5H2,1-4H3,(H,24,25). The monoisotopic (exact) mass is 414 g/mol. The first-order valence-electron chi connectivity index (χ1n) is 9.32. The Morgan fingerprint density at radius 1 is 1.31 bits per heavy atom. The molecule has 0 saturated carbocycles. The van der Waals surface area contributed by atoms with E-state index >= 15 is 0 Å². The minimum atomic E-state index is -0.574. The van der Waals surface area contributed by atoms with Gasteiger partial charge < -0.3 is 0 Å². The maximum Gasteiger partial charge on any atom is 0.351 e. The summed E-state index contributed by atoms with van der Waals surface area (Å²) >= 11 is 6.19. The zero-order chi connectivity index (χ0) is 20.9. The first-order chi connectivity index (χ1) is 13.8. The van der Waals surface area contributed by atoms with Crippen molar-refractivity contribution in [2.45, 2.75) is 40.2 Å². The van der Waals surface area contributed by atoms with Crippen LogP contribution in [0.5, 0.6) is 0 Å². The lowest BCUT2D eigenvalue weighted by Gasteiger charge is -2.11. The Morgan fingerprint density at radius 3 is 2.69 bits per heavy atom. The molecule has 0 amide bonds. The molecule has 9 heteroatoms. The van der Waals surface area contributed by atoms with E-state index in [0.717, 1.165) is 15.6 Å². The average Bonchev–Trinajstić information content (AvgIpc) is 3.18. The third kappa shape index (κ3) is 3.04. The lowest BCUT2D eigenvalue weighted by atomic mass is 9.98. The van der Waals surface area contributed by atoms with Crippen molar-refractivity contribution in [1.82, 2.24) is 29.5 Å². The van der Waals surface area contributed by atoms with E-state index < -0.39 is 11.5 Å². The number of aromatic amines is 1. The molecule has 0 aliphatic heterocycles. The van der Waals surface area contributed by atoms with Crippen LogP contribution in [0.2, 0.25) is 5.15 Å². The number of rotatable bonds is 4. The first kappa shape index (κ1) is 19.3. The second-order valence-electron chi connectivity index (χ2n) is 7.15. The molecule has 29 heavy (non-hydrogen) atoms. The van der Waals surface area contributed by atoms with Crippen molar-refractivity contribution in [2.75, 3.05) is 0 Å². The number of nitrogens with one attached hydrogen (secondary N) is 1. The number of pyridine rings is 1. The van der Waals surface area contributed by atoms with Crippen LogP contribution < -0.4 is 5.69 Å². The third-order valence-corrected chi connectivity index (χ3v) is 5.27. The summed E-state index contributed by atoms with van der Waals surface area (Å²) in [5.74, 6) is -0.0227. The van der Waals surface area contributed by atoms with Gasteiger partial charge in [0.2, 0.25) is 0 Å². The van der Waals surface area contributed by atoms with E-state index in [4.69, 9.17) is 11.6 Å².